The zero-order chi connectivity index (χ0) is 12.9. The van der Waals surface area contributed by atoms with Crippen molar-refractivity contribution in [2.24, 2.45) is 0 Å². The van der Waals surface area contributed by atoms with Crippen LogP contribution in [0.5, 0.6) is 0 Å². The molecule has 0 amide bonds. The van der Waals surface area contributed by atoms with Gasteiger partial charge in [-0.2, -0.15) is 18.7 Å². The second-order valence-corrected chi connectivity index (χ2v) is 3.72. The highest BCUT2D eigenvalue weighted by Gasteiger charge is 2.28. The van der Waals surface area contributed by atoms with Crippen molar-refractivity contribution >= 4 is 0 Å². The molecular formula is C11H13F4NO. The number of halogens is 4. The maximum absolute atomic E-state index is 13.2. The summed E-state index contributed by atoms with van der Waals surface area (Å²) >= 11 is 0. The van der Waals surface area contributed by atoms with Crippen molar-refractivity contribution in [3.63, 3.8) is 0 Å². The summed E-state index contributed by atoms with van der Waals surface area (Å²) in [5.41, 5.74) is 2.66. The van der Waals surface area contributed by atoms with Crippen LogP contribution < -0.4 is 5.48 Å². The van der Waals surface area contributed by atoms with Crippen LogP contribution in [0.3, 0.4) is 0 Å². The Morgan fingerprint density at radius 2 is 1.94 bits per heavy atom. The summed E-state index contributed by atoms with van der Waals surface area (Å²) in [7, 11) is 0. The van der Waals surface area contributed by atoms with E-state index in [9.17, 15) is 17.6 Å². The van der Waals surface area contributed by atoms with Crippen molar-refractivity contribution in [1.82, 2.24) is 5.48 Å². The smallest absolute Gasteiger partial charge is 0.292 e. The Morgan fingerprint density at radius 1 is 1.29 bits per heavy atom. The third-order valence-corrected chi connectivity index (χ3v) is 2.00. The van der Waals surface area contributed by atoms with E-state index >= 15 is 0 Å². The lowest BCUT2D eigenvalue weighted by Crippen LogP contribution is -2.32. The SMILES string of the molecule is CC(Cc1ccccc1F)NOCC(F)(F)F. The maximum atomic E-state index is 13.2. The van der Waals surface area contributed by atoms with Crippen molar-refractivity contribution in [1.29, 1.82) is 0 Å². The molecule has 96 valence electrons. The predicted molar refractivity (Wildman–Crippen MR) is 54.7 cm³/mol. The van der Waals surface area contributed by atoms with Crippen molar-refractivity contribution in [3.8, 4) is 0 Å². The second-order valence-electron chi connectivity index (χ2n) is 3.72. The van der Waals surface area contributed by atoms with Crippen LogP contribution in [0.15, 0.2) is 24.3 Å². The number of rotatable bonds is 5. The first-order chi connectivity index (χ1) is 7.88. The molecule has 1 atom stereocenters. The van der Waals surface area contributed by atoms with E-state index in [0.717, 1.165) is 0 Å². The Labute approximate surface area is 96.5 Å². The number of hydrogen-bond donors (Lipinski definition) is 1. The summed E-state index contributed by atoms with van der Waals surface area (Å²) in [6.07, 6.45) is -4.12. The van der Waals surface area contributed by atoms with E-state index in [4.69, 9.17) is 0 Å². The van der Waals surface area contributed by atoms with Gasteiger partial charge in [-0.1, -0.05) is 18.2 Å². The molecule has 2 nitrogen and oxygen atoms in total. The maximum Gasteiger partial charge on any atom is 0.413 e. The van der Waals surface area contributed by atoms with Gasteiger partial charge in [-0.25, -0.2) is 4.39 Å². The Hall–Kier alpha value is -1.14. The van der Waals surface area contributed by atoms with E-state index in [1.54, 1.807) is 25.1 Å². The molecule has 1 N–H and O–H groups in total. The van der Waals surface area contributed by atoms with Crippen LogP contribution in [0.25, 0.3) is 0 Å². The molecule has 0 radical (unpaired) electrons. The van der Waals surface area contributed by atoms with Crippen LogP contribution in [-0.2, 0) is 11.3 Å². The molecule has 0 heterocycles. The van der Waals surface area contributed by atoms with Crippen LogP contribution in [0.2, 0.25) is 0 Å². The standard InChI is InChI=1S/C11H13F4NO/c1-8(16-17-7-11(13,14)15)6-9-4-2-3-5-10(9)12/h2-5,8,16H,6-7H2,1H3. The lowest BCUT2D eigenvalue weighted by atomic mass is 10.1. The minimum Gasteiger partial charge on any atom is -0.292 e. The molecule has 0 aliphatic heterocycles. The first-order valence-electron chi connectivity index (χ1n) is 5.06. The molecule has 0 aliphatic rings. The molecule has 17 heavy (non-hydrogen) atoms. The highest BCUT2D eigenvalue weighted by molar-refractivity contribution is 5.18. The third kappa shape index (κ3) is 5.65. The van der Waals surface area contributed by atoms with Gasteiger partial charge < -0.3 is 0 Å². The van der Waals surface area contributed by atoms with E-state index in [1.807, 2.05) is 0 Å². The zero-order valence-corrected chi connectivity index (χ0v) is 9.22. The molecule has 0 spiro atoms. The van der Waals surface area contributed by atoms with Gasteiger partial charge in [0.2, 0.25) is 0 Å². The molecule has 0 saturated carbocycles. The Balaban J connectivity index is 2.35. The van der Waals surface area contributed by atoms with E-state index in [-0.39, 0.29) is 12.2 Å². The molecule has 1 rings (SSSR count). The van der Waals surface area contributed by atoms with Crippen LogP contribution in [-0.4, -0.2) is 18.8 Å². The Bertz CT molecular complexity index is 354. The molecule has 6 heteroatoms. The van der Waals surface area contributed by atoms with Crippen molar-refractivity contribution in [2.75, 3.05) is 6.61 Å². The number of alkyl halides is 3. The van der Waals surface area contributed by atoms with Crippen molar-refractivity contribution in [2.45, 2.75) is 25.6 Å². The average Bonchev–Trinajstić information content (AvgIpc) is 2.19. The quantitative estimate of drug-likeness (QED) is 0.641. The molecule has 0 saturated heterocycles. The molecule has 0 aromatic heterocycles. The number of nitrogens with one attached hydrogen (secondary N) is 1. The fourth-order valence-electron chi connectivity index (χ4n) is 1.30. The van der Waals surface area contributed by atoms with Gasteiger partial charge in [0.05, 0.1) is 0 Å². The third-order valence-electron chi connectivity index (χ3n) is 2.00. The fourth-order valence-corrected chi connectivity index (χ4v) is 1.30. The summed E-state index contributed by atoms with van der Waals surface area (Å²) in [5.74, 6) is -0.378. The van der Waals surface area contributed by atoms with Crippen LogP contribution in [0.4, 0.5) is 17.6 Å². The van der Waals surface area contributed by atoms with Crippen molar-refractivity contribution in [3.05, 3.63) is 35.6 Å². The van der Waals surface area contributed by atoms with Crippen LogP contribution in [0, 0.1) is 5.82 Å². The Kier molecular flexibility index (Phi) is 4.89. The number of hydroxylamine groups is 1. The molecule has 1 aromatic rings. The summed E-state index contributed by atoms with van der Waals surface area (Å²) in [4.78, 5) is 4.27. The summed E-state index contributed by atoms with van der Waals surface area (Å²) < 4.78 is 48.5. The van der Waals surface area contributed by atoms with Gasteiger partial charge in [-0.3, -0.25) is 4.84 Å². The molecule has 0 bridgehead atoms. The van der Waals surface area contributed by atoms with Gasteiger partial charge in [0.25, 0.3) is 0 Å². The van der Waals surface area contributed by atoms with Crippen LogP contribution >= 0.6 is 0 Å². The van der Waals surface area contributed by atoms with Gasteiger partial charge >= 0.3 is 6.18 Å². The monoisotopic (exact) mass is 251 g/mol. The minimum atomic E-state index is -4.37. The van der Waals surface area contributed by atoms with E-state index < -0.39 is 18.8 Å². The first-order valence-corrected chi connectivity index (χ1v) is 5.06. The van der Waals surface area contributed by atoms with Gasteiger partial charge in [0.1, 0.15) is 5.82 Å². The zero-order valence-electron chi connectivity index (χ0n) is 9.22. The number of hydrogen-bond acceptors (Lipinski definition) is 2. The average molecular weight is 251 g/mol. The first kappa shape index (κ1) is 13.9. The molecular weight excluding hydrogens is 238 g/mol. The van der Waals surface area contributed by atoms with Gasteiger partial charge in [0, 0.05) is 6.04 Å². The van der Waals surface area contributed by atoms with Crippen molar-refractivity contribution < 1.29 is 22.4 Å². The van der Waals surface area contributed by atoms with E-state index in [1.165, 1.54) is 6.07 Å². The largest absolute Gasteiger partial charge is 0.413 e. The fraction of sp³-hybridized carbons (Fsp3) is 0.455. The van der Waals surface area contributed by atoms with Gasteiger partial charge in [0.15, 0.2) is 6.61 Å². The summed E-state index contributed by atoms with van der Waals surface area (Å²) in [5, 5.41) is 0. The highest BCUT2D eigenvalue weighted by Crippen LogP contribution is 2.14. The minimum absolute atomic E-state index is 0.254. The summed E-state index contributed by atoms with van der Waals surface area (Å²) in [6.45, 7) is 0.247. The van der Waals surface area contributed by atoms with Crippen LogP contribution in [0.1, 0.15) is 12.5 Å². The lowest BCUT2D eigenvalue weighted by Gasteiger charge is -2.15. The van der Waals surface area contributed by atoms with E-state index in [2.05, 4.69) is 10.3 Å². The van der Waals surface area contributed by atoms with Gasteiger partial charge in [-0.05, 0) is 25.0 Å². The predicted octanol–water partition coefficient (Wildman–Crippen LogP) is 2.84. The Morgan fingerprint density at radius 3 is 2.53 bits per heavy atom. The molecule has 0 fully saturated rings. The normalized spacial score (nSPS) is 13.7. The highest BCUT2D eigenvalue weighted by atomic mass is 19.4. The topological polar surface area (TPSA) is 21.3 Å². The summed E-state index contributed by atoms with van der Waals surface area (Å²) in [6, 6.07) is 5.70. The second kappa shape index (κ2) is 5.97. The van der Waals surface area contributed by atoms with Gasteiger partial charge in [-0.15, -0.1) is 0 Å². The number of benzene rings is 1. The molecule has 0 aliphatic carbocycles. The lowest BCUT2D eigenvalue weighted by molar-refractivity contribution is -0.192. The van der Waals surface area contributed by atoms with E-state index in [0.29, 0.717) is 5.56 Å². The molecule has 1 aromatic carbocycles. The molecule has 1 unspecified atom stereocenters.